The highest BCUT2D eigenvalue weighted by Gasteiger charge is 2.08. The fraction of sp³-hybridized carbons (Fsp3) is 0.261. The Labute approximate surface area is 160 Å². The number of hydrogen-bond acceptors (Lipinski definition) is 3. The average Bonchev–Trinajstić information content (AvgIpc) is 2.69. The first-order valence-corrected chi connectivity index (χ1v) is 9.24. The molecule has 0 aromatic heterocycles. The van der Waals surface area contributed by atoms with Crippen molar-refractivity contribution in [3.05, 3.63) is 72.3 Å². The summed E-state index contributed by atoms with van der Waals surface area (Å²) in [4.78, 5) is 12.0. The summed E-state index contributed by atoms with van der Waals surface area (Å²) in [5, 5.41) is 4.92. The Bertz CT molecular complexity index is 900. The number of para-hydroxylation sites is 1. The smallest absolute Gasteiger partial charge is 0.258 e. The van der Waals surface area contributed by atoms with E-state index in [9.17, 15) is 4.79 Å². The van der Waals surface area contributed by atoms with Gasteiger partial charge in [0.25, 0.3) is 5.91 Å². The fourth-order valence-electron chi connectivity index (χ4n) is 2.96. The Morgan fingerprint density at radius 2 is 1.59 bits per heavy atom. The Kier molecular flexibility index (Phi) is 6.31. The zero-order chi connectivity index (χ0) is 19.1. The van der Waals surface area contributed by atoms with Gasteiger partial charge in [-0.2, -0.15) is 0 Å². The van der Waals surface area contributed by atoms with Crippen LogP contribution >= 0.6 is 0 Å². The van der Waals surface area contributed by atoms with Crippen LogP contribution in [0.15, 0.2) is 66.7 Å². The lowest BCUT2D eigenvalue weighted by Crippen LogP contribution is -2.32. The summed E-state index contributed by atoms with van der Waals surface area (Å²) in [6.07, 6.45) is 0. The lowest BCUT2D eigenvalue weighted by Gasteiger charge is -2.14. The number of carbonyl (C=O) groups excluding carboxylic acids is 1. The van der Waals surface area contributed by atoms with E-state index in [1.165, 1.54) is 5.56 Å². The molecular formula is C23H25NO3. The van der Waals surface area contributed by atoms with Crippen LogP contribution in [0, 0.1) is 0 Å². The summed E-state index contributed by atoms with van der Waals surface area (Å²) in [7, 11) is 0. The van der Waals surface area contributed by atoms with E-state index in [4.69, 9.17) is 9.47 Å². The maximum Gasteiger partial charge on any atom is 0.258 e. The second kappa shape index (κ2) is 9.08. The summed E-state index contributed by atoms with van der Waals surface area (Å²) in [6.45, 7) is 5.10. The van der Waals surface area contributed by atoms with E-state index in [1.807, 2.05) is 60.7 Å². The van der Waals surface area contributed by atoms with E-state index in [2.05, 4.69) is 25.2 Å². The van der Waals surface area contributed by atoms with Gasteiger partial charge < -0.3 is 14.8 Å². The van der Waals surface area contributed by atoms with E-state index in [1.54, 1.807) is 0 Å². The van der Waals surface area contributed by atoms with Crippen molar-refractivity contribution in [2.24, 2.45) is 0 Å². The first-order valence-electron chi connectivity index (χ1n) is 9.24. The minimum atomic E-state index is -0.163. The molecule has 4 nitrogen and oxygen atoms in total. The molecule has 0 radical (unpaired) electrons. The van der Waals surface area contributed by atoms with Gasteiger partial charge in [-0.05, 0) is 29.0 Å². The van der Waals surface area contributed by atoms with Gasteiger partial charge in [0.1, 0.15) is 18.1 Å². The molecule has 140 valence electrons. The van der Waals surface area contributed by atoms with Crippen molar-refractivity contribution in [3.63, 3.8) is 0 Å². The molecule has 3 aromatic rings. The number of rotatable bonds is 8. The maximum absolute atomic E-state index is 12.0. The van der Waals surface area contributed by atoms with Crippen LogP contribution in [0.1, 0.15) is 25.3 Å². The second-order valence-corrected chi connectivity index (χ2v) is 6.66. The molecule has 0 aliphatic carbocycles. The lowest BCUT2D eigenvalue weighted by molar-refractivity contribution is -0.123. The summed E-state index contributed by atoms with van der Waals surface area (Å²) < 4.78 is 11.5. The second-order valence-electron chi connectivity index (χ2n) is 6.66. The monoisotopic (exact) mass is 363 g/mol. The summed E-state index contributed by atoms with van der Waals surface area (Å²) >= 11 is 0. The van der Waals surface area contributed by atoms with E-state index in [0.29, 0.717) is 24.8 Å². The highest BCUT2D eigenvalue weighted by atomic mass is 16.5. The van der Waals surface area contributed by atoms with Gasteiger partial charge in [0.05, 0.1) is 6.54 Å². The first-order chi connectivity index (χ1) is 13.1. The Morgan fingerprint density at radius 3 is 2.44 bits per heavy atom. The van der Waals surface area contributed by atoms with Crippen LogP contribution in [0.3, 0.4) is 0 Å². The normalized spacial score (nSPS) is 10.8. The van der Waals surface area contributed by atoms with Gasteiger partial charge in [-0.1, -0.05) is 68.4 Å². The zero-order valence-electron chi connectivity index (χ0n) is 15.8. The van der Waals surface area contributed by atoms with Crippen LogP contribution < -0.4 is 14.8 Å². The van der Waals surface area contributed by atoms with Crippen molar-refractivity contribution in [2.75, 3.05) is 19.8 Å². The van der Waals surface area contributed by atoms with Gasteiger partial charge in [-0.15, -0.1) is 0 Å². The summed E-state index contributed by atoms with van der Waals surface area (Å²) in [5.74, 6) is 1.81. The van der Waals surface area contributed by atoms with E-state index >= 15 is 0 Å². The van der Waals surface area contributed by atoms with Gasteiger partial charge in [0.15, 0.2) is 6.61 Å². The molecule has 4 heteroatoms. The van der Waals surface area contributed by atoms with E-state index in [-0.39, 0.29) is 12.5 Å². The highest BCUT2D eigenvalue weighted by Crippen LogP contribution is 2.26. The predicted molar refractivity (Wildman–Crippen MR) is 108 cm³/mol. The van der Waals surface area contributed by atoms with Crippen molar-refractivity contribution in [2.45, 2.75) is 19.8 Å². The maximum atomic E-state index is 12.0. The topological polar surface area (TPSA) is 47.6 Å². The van der Waals surface area contributed by atoms with Gasteiger partial charge in [-0.25, -0.2) is 0 Å². The number of ether oxygens (including phenoxy) is 2. The lowest BCUT2D eigenvalue weighted by atomic mass is 10.0. The molecule has 0 spiro atoms. The van der Waals surface area contributed by atoms with Crippen LogP contribution in [0.5, 0.6) is 11.5 Å². The van der Waals surface area contributed by atoms with Crippen LogP contribution in [-0.2, 0) is 4.79 Å². The van der Waals surface area contributed by atoms with Crippen molar-refractivity contribution in [1.82, 2.24) is 5.32 Å². The zero-order valence-corrected chi connectivity index (χ0v) is 15.8. The number of hydrogen-bond donors (Lipinski definition) is 1. The third-order valence-electron chi connectivity index (χ3n) is 4.33. The van der Waals surface area contributed by atoms with Crippen molar-refractivity contribution in [3.8, 4) is 11.5 Å². The number of carbonyl (C=O) groups is 1. The molecule has 0 aliphatic heterocycles. The van der Waals surface area contributed by atoms with Crippen molar-refractivity contribution >= 4 is 16.7 Å². The molecule has 0 aliphatic rings. The minimum absolute atomic E-state index is 0.0173. The molecule has 0 unspecified atom stereocenters. The third kappa shape index (κ3) is 5.00. The quantitative estimate of drug-likeness (QED) is 0.598. The van der Waals surface area contributed by atoms with E-state index < -0.39 is 0 Å². The SMILES string of the molecule is CC(C)c1ccccc1OCCNC(=O)COc1cccc2ccccc12. The molecular weight excluding hydrogens is 338 g/mol. The van der Waals surface area contributed by atoms with Gasteiger partial charge >= 0.3 is 0 Å². The molecule has 1 amide bonds. The third-order valence-corrected chi connectivity index (χ3v) is 4.33. The van der Waals surface area contributed by atoms with Crippen LogP contribution in [-0.4, -0.2) is 25.7 Å². The van der Waals surface area contributed by atoms with Crippen molar-refractivity contribution < 1.29 is 14.3 Å². The van der Waals surface area contributed by atoms with Crippen molar-refractivity contribution in [1.29, 1.82) is 0 Å². The molecule has 0 fully saturated rings. The number of amides is 1. The minimum Gasteiger partial charge on any atom is -0.491 e. The Balaban J connectivity index is 1.45. The number of benzene rings is 3. The average molecular weight is 363 g/mol. The van der Waals surface area contributed by atoms with Crippen LogP contribution in [0.2, 0.25) is 0 Å². The Morgan fingerprint density at radius 1 is 0.889 bits per heavy atom. The number of fused-ring (bicyclic) bond motifs is 1. The Hall–Kier alpha value is -3.01. The fourth-order valence-corrected chi connectivity index (χ4v) is 2.96. The standard InChI is InChI=1S/C23H25NO3/c1-17(2)19-10-5-6-12-21(19)26-15-14-24-23(25)16-27-22-13-7-9-18-8-3-4-11-20(18)22/h3-13,17H,14-16H2,1-2H3,(H,24,25). The highest BCUT2D eigenvalue weighted by molar-refractivity contribution is 5.88. The summed E-state index contributed by atoms with van der Waals surface area (Å²) in [5.41, 5.74) is 1.17. The van der Waals surface area contributed by atoms with E-state index in [0.717, 1.165) is 16.5 Å². The molecule has 3 aromatic carbocycles. The largest absolute Gasteiger partial charge is 0.491 e. The molecule has 1 N–H and O–H groups in total. The van der Waals surface area contributed by atoms with Crippen LogP contribution in [0.4, 0.5) is 0 Å². The molecule has 27 heavy (non-hydrogen) atoms. The molecule has 3 rings (SSSR count). The van der Waals surface area contributed by atoms with Gasteiger partial charge in [-0.3, -0.25) is 4.79 Å². The summed E-state index contributed by atoms with van der Waals surface area (Å²) in [6, 6.07) is 21.8. The van der Waals surface area contributed by atoms with Gasteiger partial charge in [0, 0.05) is 5.39 Å². The predicted octanol–water partition coefficient (Wildman–Crippen LogP) is 4.54. The molecule has 0 heterocycles. The van der Waals surface area contributed by atoms with Crippen LogP contribution in [0.25, 0.3) is 10.8 Å². The molecule has 0 bridgehead atoms. The molecule has 0 atom stereocenters. The first kappa shape index (κ1) is 18.8. The molecule has 0 saturated carbocycles. The van der Waals surface area contributed by atoms with Gasteiger partial charge in [0.2, 0.25) is 0 Å². The molecule has 0 saturated heterocycles. The number of nitrogens with one attached hydrogen (secondary N) is 1.